The van der Waals surface area contributed by atoms with E-state index < -0.39 is 5.97 Å². The minimum absolute atomic E-state index is 0.151. The molecule has 0 aliphatic heterocycles. The molecule has 0 unspecified atom stereocenters. The van der Waals surface area contributed by atoms with Crippen LogP contribution in [0, 0.1) is 0 Å². The van der Waals surface area contributed by atoms with E-state index in [1.54, 1.807) is 23.4 Å². The van der Waals surface area contributed by atoms with Crippen LogP contribution in [0.25, 0.3) is 5.95 Å². The van der Waals surface area contributed by atoms with E-state index in [0.717, 1.165) is 0 Å². The monoisotopic (exact) mass is 276 g/mol. The summed E-state index contributed by atoms with van der Waals surface area (Å²) in [5.74, 6) is 0.341. The van der Waals surface area contributed by atoms with Crippen LogP contribution < -0.4 is 10.6 Å². The Labute approximate surface area is 116 Å². The zero-order valence-electron chi connectivity index (χ0n) is 11.6. The molecule has 0 saturated carbocycles. The second-order valence-electron chi connectivity index (χ2n) is 4.05. The van der Waals surface area contributed by atoms with Gasteiger partial charge in [0.25, 0.3) is 5.95 Å². The Morgan fingerprint density at radius 2 is 2.10 bits per heavy atom. The standard InChI is InChI=1S/C12H16N6O2/c1-4-17(2)10-8(11(19)20-3)9(13)18(16-10)12-14-6-5-7-15-12/h5-7H,4,13H2,1-3H3. The van der Waals surface area contributed by atoms with E-state index in [1.165, 1.54) is 11.8 Å². The molecule has 0 radical (unpaired) electrons. The Kier molecular flexibility index (Phi) is 3.83. The lowest BCUT2D eigenvalue weighted by atomic mass is 10.3. The number of aromatic nitrogens is 4. The number of hydrogen-bond donors (Lipinski definition) is 1. The molecule has 8 heteroatoms. The average molecular weight is 276 g/mol. The van der Waals surface area contributed by atoms with Crippen molar-refractivity contribution in [3.8, 4) is 5.95 Å². The van der Waals surface area contributed by atoms with Gasteiger partial charge in [-0.2, -0.15) is 4.68 Å². The Balaban J connectivity index is 2.61. The number of methoxy groups -OCH3 is 1. The molecule has 2 aromatic heterocycles. The first-order chi connectivity index (χ1) is 9.60. The van der Waals surface area contributed by atoms with E-state index in [4.69, 9.17) is 10.5 Å². The molecule has 20 heavy (non-hydrogen) atoms. The summed E-state index contributed by atoms with van der Waals surface area (Å²) in [5, 5.41) is 4.31. The second kappa shape index (κ2) is 5.55. The van der Waals surface area contributed by atoms with Crippen molar-refractivity contribution in [1.82, 2.24) is 19.7 Å². The van der Waals surface area contributed by atoms with Gasteiger partial charge in [-0.25, -0.2) is 14.8 Å². The van der Waals surface area contributed by atoms with Crippen LogP contribution in [0.15, 0.2) is 18.5 Å². The number of carbonyl (C=O) groups is 1. The van der Waals surface area contributed by atoms with Gasteiger partial charge in [0.2, 0.25) is 0 Å². The summed E-state index contributed by atoms with van der Waals surface area (Å²) in [6, 6.07) is 1.68. The van der Waals surface area contributed by atoms with Gasteiger partial charge in [-0.1, -0.05) is 0 Å². The summed E-state index contributed by atoms with van der Waals surface area (Å²) >= 11 is 0. The van der Waals surface area contributed by atoms with E-state index in [2.05, 4.69) is 15.1 Å². The van der Waals surface area contributed by atoms with Crippen molar-refractivity contribution in [2.24, 2.45) is 0 Å². The van der Waals surface area contributed by atoms with Crippen LogP contribution in [0.4, 0.5) is 11.6 Å². The molecule has 2 heterocycles. The number of anilines is 2. The molecule has 2 aromatic rings. The van der Waals surface area contributed by atoms with Crippen LogP contribution in [-0.4, -0.2) is 46.4 Å². The highest BCUT2D eigenvalue weighted by Crippen LogP contribution is 2.26. The van der Waals surface area contributed by atoms with Crippen molar-refractivity contribution in [2.45, 2.75) is 6.92 Å². The van der Waals surface area contributed by atoms with Crippen molar-refractivity contribution in [3.63, 3.8) is 0 Å². The molecule has 0 aliphatic rings. The van der Waals surface area contributed by atoms with Gasteiger partial charge in [-0.05, 0) is 13.0 Å². The first-order valence-electron chi connectivity index (χ1n) is 6.05. The van der Waals surface area contributed by atoms with E-state index in [9.17, 15) is 4.79 Å². The number of esters is 1. The normalized spacial score (nSPS) is 10.3. The van der Waals surface area contributed by atoms with Crippen LogP contribution in [0.3, 0.4) is 0 Å². The van der Waals surface area contributed by atoms with E-state index >= 15 is 0 Å². The predicted octanol–water partition coefficient (Wildman–Crippen LogP) is 0.487. The summed E-state index contributed by atoms with van der Waals surface area (Å²) in [5.41, 5.74) is 6.21. The predicted molar refractivity (Wildman–Crippen MR) is 73.8 cm³/mol. The number of nitrogen functional groups attached to an aromatic ring is 1. The minimum Gasteiger partial charge on any atom is -0.465 e. The number of ether oxygens (including phenoxy) is 1. The van der Waals surface area contributed by atoms with Gasteiger partial charge in [0, 0.05) is 26.0 Å². The molecular formula is C12H16N6O2. The molecule has 0 bridgehead atoms. The third kappa shape index (κ3) is 2.27. The maximum absolute atomic E-state index is 11.9. The van der Waals surface area contributed by atoms with Gasteiger partial charge in [0.15, 0.2) is 5.82 Å². The number of rotatable bonds is 4. The molecule has 2 N–H and O–H groups in total. The fraction of sp³-hybridized carbons (Fsp3) is 0.333. The summed E-state index contributed by atoms with van der Waals surface area (Å²) in [7, 11) is 3.11. The van der Waals surface area contributed by atoms with Gasteiger partial charge in [0.1, 0.15) is 11.4 Å². The van der Waals surface area contributed by atoms with Gasteiger partial charge < -0.3 is 15.4 Å². The summed E-state index contributed by atoms with van der Waals surface area (Å²) in [6.07, 6.45) is 3.15. The smallest absolute Gasteiger partial charge is 0.345 e. The third-order valence-electron chi connectivity index (χ3n) is 2.87. The summed E-state index contributed by atoms with van der Waals surface area (Å²) < 4.78 is 6.09. The zero-order chi connectivity index (χ0) is 14.7. The van der Waals surface area contributed by atoms with Crippen LogP contribution in [0.1, 0.15) is 17.3 Å². The molecule has 0 aliphatic carbocycles. The van der Waals surface area contributed by atoms with Gasteiger partial charge in [-0.3, -0.25) is 0 Å². The van der Waals surface area contributed by atoms with Crippen LogP contribution in [0.2, 0.25) is 0 Å². The Morgan fingerprint density at radius 1 is 1.45 bits per heavy atom. The number of nitrogens with two attached hydrogens (primary N) is 1. The quantitative estimate of drug-likeness (QED) is 0.811. The maximum atomic E-state index is 11.9. The lowest BCUT2D eigenvalue weighted by Crippen LogP contribution is -2.19. The minimum atomic E-state index is -0.542. The molecule has 106 valence electrons. The maximum Gasteiger partial charge on any atom is 0.345 e. The molecule has 8 nitrogen and oxygen atoms in total. The Morgan fingerprint density at radius 3 is 2.65 bits per heavy atom. The van der Waals surface area contributed by atoms with E-state index in [0.29, 0.717) is 18.3 Å². The molecule has 0 fully saturated rings. The fourth-order valence-electron chi connectivity index (χ4n) is 1.69. The van der Waals surface area contributed by atoms with E-state index in [-0.39, 0.29) is 11.4 Å². The summed E-state index contributed by atoms with van der Waals surface area (Å²) in [4.78, 5) is 21.8. The van der Waals surface area contributed by atoms with Gasteiger partial charge in [-0.15, -0.1) is 5.10 Å². The van der Waals surface area contributed by atoms with Crippen molar-refractivity contribution in [1.29, 1.82) is 0 Å². The Bertz CT molecular complexity index is 610. The van der Waals surface area contributed by atoms with Crippen molar-refractivity contribution < 1.29 is 9.53 Å². The highest BCUT2D eigenvalue weighted by molar-refractivity contribution is 6.00. The molecule has 0 atom stereocenters. The SMILES string of the molecule is CCN(C)c1nn(-c2ncccn2)c(N)c1C(=O)OC. The molecule has 0 saturated heterocycles. The number of hydrogen-bond acceptors (Lipinski definition) is 7. The van der Waals surface area contributed by atoms with E-state index in [1.807, 2.05) is 14.0 Å². The Hall–Kier alpha value is -2.64. The first kappa shape index (κ1) is 13.8. The second-order valence-corrected chi connectivity index (χ2v) is 4.05. The van der Waals surface area contributed by atoms with Gasteiger partial charge >= 0.3 is 5.97 Å². The van der Waals surface area contributed by atoms with Crippen LogP contribution in [0.5, 0.6) is 0 Å². The average Bonchev–Trinajstić information content (AvgIpc) is 2.84. The first-order valence-corrected chi connectivity index (χ1v) is 6.05. The van der Waals surface area contributed by atoms with Gasteiger partial charge in [0.05, 0.1) is 7.11 Å². The third-order valence-corrected chi connectivity index (χ3v) is 2.87. The lowest BCUT2D eigenvalue weighted by Gasteiger charge is -2.14. The van der Waals surface area contributed by atoms with Crippen molar-refractivity contribution >= 4 is 17.6 Å². The summed E-state index contributed by atoms with van der Waals surface area (Å²) in [6.45, 7) is 2.60. The lowest BCUT2D eigenvalue weighted by molar-refractivity contribution is 0.0602. The number of nitrogens with zero attached hydrogens (tertiary/aromatic N) is 5. The molecule has 0 amide bonds. The molecular weight excluding hydrogens is 260 g/mol. The molecule has 2 rings (SSSR count). The van der Waals surface area contributed by atoms with Crippen molar-refractivity contribution in [2.75, 3.05) is 31.3 Å². The molecule has 0 spiro atoms. The highest BCUT2D eigenvalue weighted by atomic mass is 16.5. The number of carbonyl (C=O) groups excluding carboxylic acids is 1. The largest absolute Gasteiger partial charge is 0.465 e. The topological polar surface area (TPSA) is 99.2 Å². The van der Waals surface area contributed by atoms with Crippen molar-refractivity contribution in [3.05, 3.63) is 24.0 Å². The van der Waals surface area contributed by atoms with Crippen LogP contribution >= 0.6 is 0 Å². The van der Waals surface area contributed by atoms with Crippen LogP contribution in [-0.2, 0) is 4.74 Å². The highest BCUT2D eigenvalue weighted by Gasteiger charge is 2.26. The molecule has 0 aromatic carbocycles. The zero-order valence-corrected chi connectivity index (χ0v) is 11.6. The fourth-order valence-corrected chi connectivity index (χ4v) is 1.69.